The third kappa shape index (κ3) is 3.23. The van der Waals surface area contributed by atoms with E-state index in [1.54, 1.807) is 18.2 Å². The van der Waals surface area contributed by atoms with E-state index in [1.807, 2.05) is 24.3 Å². The van der Waals surface area contributed by atoms with Gasteiger partial charge in [0.15, 0.2) is 0 Å². The van der Waals surface area contributed by atoms with Crippen LogP contribution >= 0.6 is 11.6 Å². The lowest BCUT2D eigenvalue weighted by atomic mass is 9.98. The van der Waals surface area contributed by atoms with Gasteiger partial charge in [0.2, 0.25) is 5.91 Å². The molecule has 6 nitrogen and oxygen atoms in total. The molecule has 1 heterocycles. The summed E-state index contributed by atoms with van der Waals surface area (Å²) in [5.41, 5.74) is 7.84. The second-order valence-corrected chi connectivity index (χ2v) is 5.74. The van der Waals surface area contributed by atoms with Crippen LogP contribution in [0.2, 0.25) is 5.02 Å². The number of nitrogens with two attached hydrogens (primary N) is 1. The molecule has 0 unspecified atom stereocenters. The summed E-state index contributed by atoms with van der Waals surface area (Å²) in [7, 11) is 0. The third-order valence-corrected chi connectivity index (χ3v) is 4.18. The molecule has 0 fully saturated rings. The molecule has 7 heteroatoms. The van der Waals surface area contributed by atoms with Crippen molar-refractivity contribution < 1.29 is 4.79 Å². The molecule has 0 saturated heterocycles. The van der Waals surface area contributed by atoms with Gasteiger partial charge in [-0.15, -0.1) is 0 Å². The maximum Gasteiger partial charge on any atom is 0.347 e. The number of nitrogens with zero attached hydrogens (tertiary/aromatic N) is 2. The van der Waals surface area contributed by atoms with Crippen LogP contribution < -0.4 is 11.4 Å². The maximum absolute atomic E-state index is 11.8. The molecule has 1 amide bonds. The van der Waals surface area contributed by atoms with E-state index in [2.05, 4.69) is 10.2 Å². The summed E-state index contributed by atoms with van der Waals surface area (Å²) in [6.45, 7) is 0. The highest BCUT2D eigenvalue weighted by molar-refractivity contribution is 6.31. The van der Waals surface area contributed by atoms with Gasteiger partial charge < -0.3 is 5.73 Å². The molecule has 1 aromatic heterocycles. The quantitative estimate of drug-likeness (QED) is 0.743. The topological polar surface area (TPSA) is 93.8 Å². The smallest absolute Gasteiger partial charge is 0.347 e. The fraction of sp³-hybridized carbons (Fsp3) is 0.118. The molecule has 2 aromatic carbocycles. The Balaban J connectivity index is 1.91. The lowest BCUT2D eigenvalue weighted by Gasteiger charge is -2.10. The number of carbonyl (C=O) groups is 1. The number of aryl methyl sites for hydroxylation is 2. The highest BCUT2D eigenvalue weighted by Gasteiger charge is 2.12. The summed E-state index contributed by atoms with van der Waals surface area (Å²) >= 11 is 6.16. The van der Waals surface area contributed by atoms with Gasteiger partial charge in [0, 0.05) is 10.6 Å². The number of benzene rings is 2. The Bertz CT molecular complexity index is 946. The molecule has 0 aliphatic rings. The Morgan fingerprint density at radius 3 is 2.58 bits per heavy atom. The van der Waals surface area contributed by atoms with Crippen molar-refractivity contribution in [3.05, 3.63) is 81.0 Å². The standard InChI is InChI=1S/C17H15ClN4O2/c18-15-4-2-1-3-12(15)6-5-11-7-8-13(9-14(11)16(19)23)22-10-20-21-17(22)24/h1-4,7-10H,5-6H2,(H2,19,23)(H,21,24). The average Bonchev–Trinajstić information content (AvgIpc) is 3.00. The number of halogens is 1. The zero-order valence-corrected chi connectivity index (χ0v) is 13.5. The lowest BCUT2D eigenvalue weighted by molar-refractivity contribution is 0.0999. The zero-order chi connectivity index (χ0) is 17.1. The van der Waals surface area contributed by atoms with Crippen LogP contribution in [0, 0.1) is 0 Å². The lowest BCUT2D eigenvalue weighted by Crippen LogP contribution is -2.18. The minimum absolute atomic E-state index is 0.380. The van der Waals surface area contributed by atoms with Crippen LogP contribution in [0.5, 0.6) is 0 Å². The molecule has 0 aliphatic carbocycles. The van der Waals surface area contributed by atoms with Gasteiger partial charge in [-0.2, -0.15) is 5.10 Å². The summed E-state index contributed by atoms with van der Waals surface area (Å²) in [6.07, 6.45) is 2.65. The number of hydrogen-bond donors (Lipinski definition) is 2. The number of primary amides is 1. The Morgan fingerprint density at radius 2 is 1.92 bits per heavy atom. The summed E-state index contributed by atoms with van der Waals surface area (Å²) in [6, 6.07) is 12.7. The predicted octanol–water partition coefficient (Wildman–Crippen LogP) is 2.10. The fourth-order valence-electron chi connectivity index (χ4n) is 2.56. The van der Waals surface area contributed by atoms with Crippen molar-refractivity contribution >= 4 is 17.5 Å². The molecule has 0 radical (unpaired) electrons. The molecule has 24 heavy (non-hydrogen) atoms. The number of rotatable bonds is 5. The molecule has 0 aliphatic heterocycles. The Morgan fingerprint density at radius 1 is 1.17 bits per heavy atom. The van der Waals surface area contributed by atoms with E-state index in [-0.39, 0.29) is 5.69 Å². The van der Waals surface area contributed by atoms with E-state index in [1.165, 1.54) is 10.9 Å². The number of H-pyrrole nitrogens is 1. The monoisotopic (exact) mass is 342 g/mol. The highest BCUT2D eigenvalue weighted by Crippen LogP contribution is 2.20. The minimum atomic E-state index is -0.539. The second kappa shape index (κ2) is 6.72. The Labute approximate surface area is 142 Å². The first-order chi connectivity index (χ1) is 11.6. The van der Waals surface area contributed by atoms with Gasteiger partial charge in [0.05, 0.1) is 5.69 Å². The van der Waals surface area contributed by atoms with Crippen LogP contribution in [-0.2, 0) is 12.8 Å². The normalized spacial score (nSPS) is 10.7. The van der Waals surface area contributed by atoms with Crippen LogP contribution in [0.1, 0.15) is 21.5 Å². The molecular weight excluding hydrogens is 328 g/mol. The minimum Gasteiger partial charge on any atom is -0.366 e. The van der Waals surface area contributed by atoms with Crippen molar-refractivity contribution in [1.29, 1.82) is 0 Å². The first-order valence-corrected chi connectivity index (χ1v) is 7.72. The Hall–Kier alpha value is -2.86. The molecule has 3 N–H and O–H groups in total. The molecule has 3 aromatic rings. The fourth-order valence-corrected chi connectivity index (χ4v) is 2.79. The van der Waals surface area contributed by atoms with Gasteiger partial charge in [-0.3, -0.25) is 4.79 Å². The number of aromatic amines is 1. The summed E-state index contributed by atoms with van der Waals surface area (Å²) in [5.74, 6) is -0.539. The van der Waals surface area contributed by atoms with Crippen molar-refractivity contribution in [2.45, 2.75) is 12.8 Å². The molecule has 0 bridgehead atoms. The van der Waals surface area contributed by atoms with E-state index in [0.29, 0.717) is 29.1 Å². The first kappa shape index (κ1) is 16.0. The van der Waals surface area contributed by atoms with Crippen molar-refractivity contribution in [2.24, 2.45) is 5.73 Å². The highest BCUT2D eigenvalue weighted by atomic mass is 35.5. The molecule has 3 rings (SSSR count). The third-order valence-electron chi connectivity index (χ3n) is 3.81. The molecule has 122 valence electrons. The van der Waals surface area contributed by atoms with Crippen LogP contribution in [0.25, 0.3) is 5.69 Å². The van der Waals surface area contributed by atoms with E-state index in [9.17, 15) is 9.59 Å². The number of carbonyl (C=O) groups excluding carboxylic acids is 1. The number of hydrogen-bond acceptors (Lipinski definition) is 3. The maximum atomic E-state index is 11.8. The summed E-state index contributed by atoms with van der Waals surface area (Å²) < 4.78 is 1.31. The molecular formula is C17H15ClN4O2. The van der Waals surface area contributed by atoms with E-state index in [0.717, 1.165) is 11.1 Å². The van der Waals surface area contributed by atoms with Gasteiger partial charge in [0.25, 0.3) is 0 Å². The average molecular weight is 343 g/mol. The van der Waals surface area contributed by atoms with Gasteiger partial charge in [0.1, 0.15) is 6.33 Å². The Kier molecular flexibility index (Phi) is 4.48. The van der Waals surface area contributed by atoms with Crippen LogP contribution in [0.4, 0.5) is 0 Å². The van der Waals surface area contributed by atoms with Crippen molar-refractivity contribution in [3.8, 4) is 5.69 Å². The largest absolute Gasteiger partial charge is 0.366 e. The second-order valence-electron chi connectivity index (χ2n) is 5.33. The SMILES string of the molecule is NC(=O)c1cc(-n2cn[nH]c2=O)ccc1CCc1ccccc1Cl. The van der Waals surface area contributed by atoms with Gasteiger partial charge in [-0.25, -0.2) is 14.5 Å². The van der Waals surface area contributed by atoms with Crippen LogP contribution in [0.3, 0.4) is 0 Å². The van der Waals surface area contributed by atoms with E-state index < -0.39 is 5.91 Å². The molecule has 0 atom stereocenters. The van der Waals surface area contributed by atoms with Crippen molar-refractivity contribution in [1.82, 2.24) is 14.8 Å². The molecule has 0 spiro atoms. The molecule has 0 saturated carbocycles. The zero-order valence-electron chi connectivity index (χ0n) is 12.7. The summed E-state index contributed by atoms with van der Waals surface area (Å²) in [5, 5.41) is 6.68. The summed E-state index contributed by atoms with van der Waals surface area (Å²) in [4.78, 5) is 23.4. The van der Waals surface area contributed by atoms with Gasteiger partial charge in [-0.05, 0) is 42.2 Å². The van der Waals surface area contributed by atoms with E-state index >= 15 is 0 Å². The predicted molar refractivity (Wildman–Crippen MR) is 91.6 cm³/mol. The first-order valence-electron chi connectivity index (χ1n) is 7.35. The van der Waals surface area contributed by atoms with Crippen LogP contribution in [-0.4, -0.2) is 20.7 Å². The van der Waals surface area contributed by atoms with Crippen molar-refractivity contribution in [3.63, 3.8) is 0 Å². The van der Waals surface area contributed by atoms with Crippen LogP contribution in [0.15, 0.2) is 53.6 Å². The van der Waals surface area contributed by atoms with E-state index in [4.69, 9.17) is 17.3 Å². The number of aromatic nitrogens is 3. The number of nitrogens with one attached hydrogen (secondary N) is 1. The van der Waals surface area contributed by atoms with Gasteiger partial charge in [-0.1, -0.05) is 35.9 Å². The van der Waals surface area contributed by atoms with Crippen molar-refractivity contribution in [2.75, 3.05) is 0 Å². The number of amides is 1. The van der Waals surface area contributed by atoms with Gasteiger partial charge >= 0.3 is 5.69 Å².